The number of sulfonamides is 1. The maximum absolute atomic E-state index is 11.6. The lowest BCUT2D eigenvalue weighted by atomic mass is 10.1. The first kappa shape index (κ1) is 19.4. The highest BCUT2D eigenvalue weighted by Crippen LogP contribution is 2.10. The van der Waals surface area contributed by atoms with Crippen molar-refractivity contribution in [1.29, 1.82) is 0 Å². The third kappa shape index (κ3) is 7.99. The van der Waals surface area contributed by atoms with Crippen LogP contribution in [0.1, 0.15) is 38.8 Å². The van der Waals surface area contributed by atoms with Gasteiger partial charge in [0.1, 0.15) is 0 Å². The summed E-state index contributed by atoms with van der Waals surface area (Å²) in [6.07, 6.45) is 0. The van der Waals surface area contributed by atoms with Crippen LogP contribution in [-0.2, 0) is 22.3 Å². The maximum atomic E-state index is 11.6. The van der Waals surface area contributed by atoms with Crippen LogP contribution in [0.4, 0.5) is 0 Å². The lowest BCUT2D eigenvalue weighted by molar-refractivity contribution is 0.501. The van der Waals surface area contributed by atoms with Crippen molar-refractivity contribution in [2.75, 3.05) is 13.6 Å². The SMILES string of the molecule is CCNC(=NCc1cccc(CS(=O)(=O)NC)c1)NC(C)(C)C. The van der Waals surface area contributed by atoms with Crippen LogP contribution in [0.3, 0.4) is 0 Å². The minimum atomic E-state index is -3.26. The number of nitrogens with one attached hydrogen (secondary N) is 3. The van der Waals surface area contributed by atoms with Gasteiger partial charge in [0.05, 0.1) is 12.3 Å². The molecule has 1 aromatic rings. The number of nitrogens with zero attached hydrogens (tertiary/aromatic N) is 1. The molecule has 130 valence electrons. The van der Waals surface area contributed by atoms with Gasteiger partial charge in [0, 0.05) is 12.1 Å². The van der Waals surface area contributed by atoms with Gasteiger partial charge in [-0.15, -0.1) is 0 Å². The predicted octanol–water partition coefficient (Wildman–Crippen LogP) is 1.59. The second-order valence-electron chi connectivity index (χ2n) is 6.35. The quantitative estimate of drug-likeness (QED) is 0.542. The smallest absolute Gasteiger partial charge is 0.215 e. The third-order valence-electron chi connectivity index (χ3n) is 2.92. The summed E-state index contributed by atoms with van der Waals surface area (Å²) in [4.78, 5) is 4.56. The summed E-state index contributed by atoms with van der Waals surface area (Å²) in [5, 5.41) is 6.53. The van der Waals surface area contributed by atoms with E-state index in [4.69, 9.17) is 0 Å². The van der Waals surface area contributed by atoms with Crippen molar-refractivity contribution in [3.63, 3.8) is 0 Å². The first-order valence-electron chi connectivity index (χ1n) is 7.71. The molecule has 0 atom stereocenters. The molecule has 0 aliphatic rings. The van der Waals surface area contributed by atoms with Gasteiger partial charge in [-0.1, -0.05) is 24.3 Å². The topological polar surface area (TPSA) is 82.6 Å². The largest absolute Gasteiger partial charge is 0.357 e. The van der Waals surface area contributed by atoms with Crippen molar-refractivity contribution in [3.05, 3.63) is 35.4 Å². The Bertz CT molecular complexity index is 634. The molecule has 0 bridgehead atoms. The monoisotopic (exact) mass is 340 g/mol. The molecular formula is C16H28N4O2S. The molecule has 0 amide bonds. The van der Waals surface area contributed by atoms with Crippen molar-refractivity contribution < 1.29 is 8.42 Å². The van der Waals surface area contributed by atoms with Crippen LogP contribution in [0.25, 0.3) is 0 Å². The summed E-state index contributed by atoms with van der Waals surface area (Å²) in [6, 6.07) is 7.48. The van der Waals surface area contributed by atoms with E-state index in [-0.39, 0.29) is 11.3 Å². The fourth-order valence-electron chi connectivity index (χ4n) is 1.94. The van der Waals surface area contributed by atoms with E-state index in [1.165, 1.54) is 7.05 Å². The molecule has 1 rings (SSSR count). The van der Waals surface area contributed by atoms with Gasteiger partial charge in [0.2, 0.25) is 10.0 Å². The van der Waals surface area contributed by atoms with Crippen molar-refractivity contribution in [2.45, 2.75) is 45.5 Å². The molecule has 23 heavy (non-hydrogen) atoms. The fraction of sp³-hybridized carbons (Fsp3) is 0.562. The summed E-state index contributed by atoms with van der Waals surface area (Å²) in [5.74, 6) is 0.717. The first-order valence-corrected chi connectivity index (χ1v) is 9.36. The minimum absolute atomic E-state index is 0.0264. The summed E-state index contributed by atoms with van der Waals surface area (Å²) in [6.45, 7) is 9.50. The zero-order chi connectivity index (χ0) is 17.5. The molecule has 6 nitrogen and oxygen atoms in total. The van der Waals surface area contributed by atoms with Crippen LogP contribution in [0, 0.1) is 0 Å². The molecule has 0 saturated heterocycles. The van der Waals surface area contributed by atoms with Gasteiger partial charge in [-0.25, -0.2) is 18.1 Å². The fourth-order valence-corrected chi connectivity index (χ4v) is 2.70. The molecule has 0 radical (unpaired) electrons. The Morgan fingerprint density at radius 2 is 1.87 bits per heavy atom. The third-order valence-corrected chi connectivity index (χ3v) is 4.25. The van der Waals surface area contributed by atoms with E-state index in [2.05, 4.69) is 41.1 Å². The van der Waals surface area contributed by atoms with Gasteiger partial charge in [-0.05, 0) is 45.9 Å². The van der Waals surface area contributed by atoms with E-state index in [9.17, 15) is 8.42 Å². The normalized spacial score (nSPS) is 13.0. The molecule has 0 fully saturated rings. The Hall–Kier alpha value is -1.60. The van der Waals surface area contributed by atoms with E-state index >= 15 is 0 Å². The summed E-state index contributed by atoms with van der Waals surface area (Å²) < 4.78 is 25.6. The summed E-state index contributed by atoms with van der Waals surface area (Å²) >= 11 is 0. The van der Waals surface area contributed by atoms with Gasteiger partial charge in [0.25, 0.3) is 0 Å². The highest BCUT2D eigenvalue weighted by atomic mass is 32.2. The average molecular weight is 340 g/mol. The van der Waals surface area contributed by atoms with Crippen LogP contribution < -0.4 is 15.4 Å². The molecule has 7 heteroatoms. The maximum Gasteiger partial charge on any atom is 0.215 e. The van der Waals surface area contributed by atoms with Crippen molar-refractivity contribution >= 4 is 16.0 Å². The van der Waals surface area contributed by atoms with E-state index in [0.717, 1.165) is 23.6 Å². The van der Waals surface area contributed by atoms with E-state index < -0.39 is 10.0 Å². The van der Waals surface area contributed by atoms with Gasteiger partial charge in [0.15, 0.2) is 5.96 Å². The number of hydrogen-bond donors (Lipinski definition) is 3. The molecule has 0 aromatic heterocycles. The Balaban J connectivity index is 2.85. The van der Waals surface area contributed by atoms with E-state index in [0.29, 0.717) is 6.54 Å². The van der Waals surface area contributed by atoms with Crippen molar-refractivity contribution in [1.82, 2.24) is 15.4 Å². The Kier molecular flexibility index (Phi) is 7.02. The Morgan fingerprint density at radius 3 is 2.43 bits per heavy atom. The summed E-state index contributed by atoms with van der Waals surface area (Å²) in [7, 11) is -1.84. The van der Waals surface area contributed by atoms with Gasteiger partial charge >= 0.3 is 0 Å². The highest BCUT2D eigenvalue weighted by molar-refractivity contribution is 7.88. The van der Waals surface area contributed by atoms with Crippen LogP contribution >= 0.6 is 0 Å². The molecule has 1 aromatic carbocycles. The van der Waals surface area contributed by atoms with Crippen LogP contribution in [0.2, 0.25) is 0 Å². The minimum Gasteiger partial charge on any atom is -0.357 e. The van der Waals surface area contributed by atoms with Crippen molar-refractivity contribution in [2.24, 2.45) is 4.99 Å². The standard InChI is InChI=1S/C16H28N4O2S/c1-6-18-15(20-16(2,3)4)19-11-13-8-7-9-14(10-13)12-23(21,22)17-5/h7-10,17H,6,11-12H2,1-5H3,(H2,18,19,20). The number of aliphatic imine (C=N–C) groups is 1. The first-order chi connectivity index (χ1) is 10.6. The summed E-state index contributed by atoms with van der Waals surface area (Å²) in [5.41, 5.74) is 1.64. The number of guanidine groups is 1. The second-order valence-corrected chi connectivity index (χ2v) is 8.28. The number of hydrogen-bond acceptors (Lipinski definition) is 3. The Labute approximate surface area is 139 Å². The average Bonchev–Trinajstić information content (AvgIpc) is 2.43. The van der Waals surface area contributed by atoms with Crippen LogP contribution in [-0.4, -0.2) is 33.5 Å². The number of rotatable bonds is 6. The molecule has 0 saturated carbocycles. The molecule has 3 N–H and O–H groups in total. The van der Waals surface area contributed by atoms with E-state index in [1.807, 2.05) is 25.1 Å². The molecule has 0 spiro atoms. The molecule has 0 unspecified atom stereocenters. The lowest BCUT2D eigenvalue weighted by Gasteiger charge is -2.23. The molecule has 0 heterocycles. The second kappa shape index (κ2) is 8.31. The van der Waals surface area contributed by atoms with Crippen LogP contribution in [0.5, 0.6) is 0 Å². The molecule has 0 aliphatic carbocycles. The van der Waals surface area contributed by atoms with Crippen LogP contribution in [0.15, 0.2) is 29.3 Å². The molecular weight excluding hydrogens is 312 g/mol. The lowest BCUT2D eigenvalue weighted by Crippen LogP contribution is -2.47. The zero-order valence-corrected chi connectivity index (χ0v) is 15.4. The molecule has 0 aliphatic heterocycles. The Morgan fingerprint density at radius 1 is 1.22 bits per heavy atom. The zero-order valence-electron chi connectivity index (χ0n) is 14.6. The van der Waals surface area contributed by atoms with Gasteiger partial charge in [-0.2, -0.15) is 0 Å². The predicted molar refractivity (Wildman–Crippen MR) is 95.8 cm³/mol. The number of benzene rings is 1. The van der Waals surface area contributed by atoms with Gasteiger partial charge in [-0.3, -0.25) is 0 Å². The van der Waals surface area contributed by atoms with E-state index in [1.54, 1.807) is 6.07 Å². The van der Waals surface area contributed by atoms with Crippen molar-refractivity contribution in [3.8, 4) is 0 Å². The highest BCUT2D eigenvalue weighted by Gasteiger charge is 2.12. The van der Waals surface area contributed by atoms with Gasteiger partial charge < -0.3 is 10.6 Å².